The van der Waals surface area contributed by atoms with E-state index in [1.165, 1.54) is 0 Å². The molecule has 1 fully saturated rings. The van der Waals surface area contributed by atoms with Gasteiger partial charge in [0.25, 0.3) is 0 Å². The normalized spacial score (nSPS) is 20.5. The number of aryl methyl sites for hydroxylation is 1. The van der Waals surface area contributed by atoms with E-state index >= 15 is 0 Å². The minimum absolute atomic E-state index is 0.0255. The molecule has 3 rings (SSSR count). The number of hydrogen-bond donors (Lipinski definition) is 1. The van der Waals surface area contributed by atoms with Crippen LogP contribution < -0.4 is 0 Å². The highest BCUT2D eigenvalue weighted by Crippen LogP contribution is 2.27. The molecule has 7 heteroatoms. The zero-order valence-electron chi connectivity index (χ0n) is 13.6. The lowest BCUT2D eigenvalue weighted by molar-refractivity contribution is -0.132. The van der Waals surface area contributed by atoms with Crippen LogP contribution in [0.5, 0.6) is 0 Å². The van der Waals surface area contributed by atoms with E-state index in [1.807, 2.05) is 37.3 Å². The lowest BCUT2D eigenvalue weighted by Gasteiger charge is -2.30. The fourth-order valence-electron chi connectivity index (χ4n) is 3.08. The molecule has 0 saturated carbocycles. The van der Waals surface area contributed by atoms with Gasteiger partial charge in [0.1, 0.15) is 0 Å². The molecule has 2 aromatic rings. The van der Waals surface area contributed by atoms with Crippen molar-refractivity contribution < 1.29 is 13.2 Å². The predicted octanol–water partition coefficient (Wildman–Crippen LogP) is 1.65. The highest BCUT2D eigenvalue weighted by atomic mass is 32.2. The van der Waals surface area contributed by atoms with Gasteiger partial charge in [-0.1, -0.05) is 30.3 Å². The second-order valence-corrected chi connectivity index (χ2v) is 8.36. The third-order valence-corrected chi connectivity index (χ3v) is 6.13. The Morgan fingerprint density at radius 2 is 2.08 bits per heavy atom. The molecule has 1 aromatic heterocycles. The highest BCUT2D eigenvalue weighted by Gasteiger charge is 2.32. The van der Waals surface area contributed by atoms with Gasteiger partial charge in [-0.05, 0) is 18.9 Å². The molecule has 1 aliphatic rings. The largest absolute Gasteiger partial charge is 0.348 e. The quantitative estimate of drug-likeness (QED) is 0.915. The summed E-state index contributed by atoms with van der Waals surface area (Å²) in [5, 5.41) is 0. The molecule has 24 heavy (non-hydrogen) atoms. The third-order valence-electron chi connectivity index (χ3n) is 4.40. The zero-order valence-corrected chi connectivity index (χ0v) is 14.4. The first-order chi connectivity index (χ1) is 11.5. The molecule has 1 atom stereocenters. The Hall–Kier alpha value is -2.15. The molecule has 1 N–H and O–H groups in total. The predicted molar refractivity (Wildman–Crippen MR) is 91.2 cm³/mol. The van der Waals surface area contributed by atoms with E-state index < -0.39 is 15.9 Å². The van der Waals surface area contributed by atoms with E-state index in [4.69, 9.17) is 0 Å². The standard InChI is InChI=1S/C17H21N3O3S/c1-13-15(19-12-18-13)10-17(21)20-8-5-9-24(22,23)11-16(20)14-6-3-2-4-7-14/h2-4,6-7,12,16H,5,8-11H2,1H3,(H,18,19). The van der Waals surface area contributed by atoms with Crippen molar-refractivity contribution in [3.8, 4) is 0 Å². The van der Waals surface area contributed by atoms with Crippen LogP contribution in [0.3, 0.4) is 0 Å². The van der Waals surface area contributed by atoms with Crippen LogP contribution in [0.15, 0.2) is 36.7 Å². The summed E-state index contributed by atoms with van der Waals surface area (Å²) in [6.07, 6.45) is 2.22. The van der Waals surface area contributed by atoms with Crippen molar-refractivity contribution in [3.63, 3.8) is 0 Å². The molecular weight excluding hydrogens is 326 g/mol. The SMILES string of the molecule is Cc1[nH]cnc1CC(=O)N1CCCS(=O)(=O)CC1c1ccccc1. The van der Waals surface area contributed by atoms with Gasteiger partial charge < -0.3 is 9.88 Å². The van der Waals surface area contributed by atoms with Crippen LogP contribution in [-0.4, -0.2) is 47.2 Å². The molecule has 2 heterocycles. The fourth-order valence-corrected chi connectivity index (χ4v) is 4.67. The van der Waals surface area contributed by atoms with Crippen LogP contribution in [0.2, 0.25) is 0 Å². The molecule has 128 valence electrons. The fraction of sp³-hybridized carbons (Fsp3) is 0.412. The number of nitrogens with zero attached hydrogens (tertiary/aromatic N) is 2. The van der Waals surface area contributed by atoms with Crippen molar-refractivity contribution in [2.45, 2.75) is 25.8 Å². The first-order valence-corrected chi connectivity index (χ1v) is 9.82. The molecule has 6 nitrogen and oxygen atoms in total. The number of aromatic amines is 1. The van der Waals surface area contributed by atoms with Gasteiger partial charge in [0.15, 0.2) is 9.84 Å². The van der Waals surface area contributed by atoms with Crippen LogP contribution >= 0.6 is 0 Å². The van der Waals surface area contributed by atoms with Crippen LogP contribution in [0.1, 0.15) is 29.4 Å². The molecule has 0 aliphatic carbocycles. The Bertz CT molecular complexity index is 815. The van der Waals surface area contributed by atoms with Gasteiger partial charge in [-0.25, -0.2) is 13.4 Å². The van der Waals surface area contributed by atoms with Gasteiger partial charge in [-0.3, -0.25) is 4.79 Å². The average molecular weight is 347 g/mol. The minimum Gasteiger partial charge on any atom is -0.348 e. The van der Waals surface area contributed by atoms with E-state index in [9.17, 15) is 13.2 Å². The van der Waals surface area contributed by atoms with E-state index in [0.29, 0.717) is 18.7 Å². The molecule has 0 bridgehead atoms. The third kappa shape index (κ3) is 3.67. The van der Waals surface area contributed by atoms with Crippen molar-refractivity contribution >= 4 is 15.7 Å². The molecule has 1 aliphatic heterocycles. The number of carbonyl (C=O) groups excluding carboxylic acids is 1. The first kappa shape index (κ1) is 16.7. The van der Waals surface area contributed by atoms with E-state index in [2.05, 4.69) is 9.97 Å². The van der Waals surface area contributed by atoms with Crippen LogP contribution in [0.25, 0.3) is 0 Å². The van der Waals surface area contributed by atoms with E-state index in [-0.39, 0.29) is 23.8 Å². The Labute approximate surface area is 141 Å². The number of sulfone groups is 1. The van der Waals surface area contributed by atoms with Crippen LogP contribution in [-0.2, 0) is 21.1 Å². The number of aromatic nitrogens is 2. The maximum absolute atomic E-state index is 12.8. The summed E-state index contributed by atoms with van der Waals surface area (Å²) in [7, 11) is -3.17. The number of benzene rings is 1. The maximum Gasteiger partial charge on any atom is 0.229 e. The van der Waals surface area contributed by atoms with E-state index in [1.54, 1.807) is 11.2 Å². The molecule has 0 radical (unpaired) electrons. The first-order valence-electron chi connectivity index (χ1n) is 8.00. The number of hydrogen-bond acceptors (Lipinski definition) is 4. The number of amides is 1. The molecule has 0 spiro atoms. The maximum atomic E-state index is 12.8. The highest BCUT2D eigenvalue weighted by molar-refractivity contribution is 7.91. The summed E-state index contributed by atoms with van der Waals surface area (Å²) in [6.45, 7) is 2.32. The van der Waals surface area contributed by atoms with Gasteiger partial charge in [0.05, 0.1) is 36.0 Å². The molecule has 1 saturated heterocycles. The summed E-state index contributed by atoms with van der Waals surface area (Å²) in [5.74, 6) is 0.0141. The summed E-state index contributed by atoms with van der Waals surface area (Å²) in [4.78, 5) is 21.7. The molecule has 1 aromatic carbocycles. The van der Waals surface area contributed by atoms with Gasteiger partial charge in [-0.15, -0.1) is 0 Å². The van der Waals surface area contributed by atoms with Crippen molar-refractivity contribution in [2.24, 2.45) is 0 Å². The monoisotopic (exact) mass is 347 g/mol. The van der Waals surface area contributed by atoms with Gasteiger partial charge in [0, 0.05) is 12.2 Å². The molecule has 1 amide bonds. The minimum atomic E-state index is -3.17. The zero-order chi connectivity index (χ0) is 17.2. The second-order valence-electron chi connectivity index (χ2n) is 6.13. The Morgan fingerprint density at radius 3 is 2.75 bits per heavy atom. The van der Waals surface area contributed by atoms with Crippen molar-refractivity contribution in [3.05, 3.63) is 53.6 Å². The van der Waals surface area contributed by atoms with E-state index in [0.717, 1.165) is 11.3 Å². The lowest BCUT2D eigenvalue weighted by Crippen LogP contribution is -2.38. The summed E-state index contributed by atoms with van der Waals surface area (Å²) < 4.78 is 24.5. The molecular formula is C17H21N3O3S. The smallest absolute Gasteiger partial charge is 0.229 e. The topological polar surface area (TPSA) is 83.1 Å². The van der Waals surface area contributed by atoms with Crippen LogP contribution in [0, 0.1) is 6.92 Å². The van der Waals surface area contributed by atoms with Crippen LogP contribution in [0.4, 0.5) is 0 Å². The van der Waals surface area contributed by atoms with Gasteiger partial charge >= 0.3 is 0 Å². The summed E-state index contributed by atoms with van der Waals surface area (Å²) >= 11 is 0. The Kier molecular flexibility index (Phi) is 4.71. The average Bonchev–Trinajstić information content (AvgIpc) is 2.87. The number of H-pyrrole nitrogens is 1. The van der Waals surface area contributed by atoms with Crippen molar-refractivity contribution in [1.82, 2.24) is 14.9 Å². The molecule has 1 unspecified atom stereocenters. The summed E-state index contributed by atoms with van der Waals surface area (Å²) in [6, 6.07) is 8.94. The summed E-state index contributed by atoms with van der Waals surface area (Å²) in [5.41, 5.74) is 2.43. The van der Waals surface area contributed by atoms with Gasteiger partial charge in [0.2, 0.25) is 5.91 Å². The van der Waals surface area contributed by atoms with Crippen molar-refractivity contribution in [2.75, 3.05) is 18.1 Å². The van der Waals surface area contributed by atoms with Crippen molar-refractivity contribution in [1.29, 1.82) is 0 Å². The number of nitrogens with one attached hydrogen (secondary N) is 1. The Morgan fingerprint density at radius 1 is 1.33 bits per heavy atom. The van der Waals surface area contributed by atoms with Gasteiger partial charge in [-0.2, -0.15) is 0 Å². The second kappa shape index (κ2) is 6.76. The Balaban J connectivity index is 1.90. The number of imidazole rings is 1. The lowest BCUT2D eigenvalue weighted by atomic mass is 10.1. The number of carbonyl (C=O) groups is 1. The number of rotatable bonds is 3.